The maximum Gasteiger partial charge on any atom is 0.259 e. The van der Waals surface area contributed by atoms with Crippen LogP contribution in [0.3, 0.4) is 0 Å². The van der Waals surface area contributed by atoms with E-state index in [9.17, 15) is 9.59 Å². The maximum absolute atomic E-state index is 12.7. The van der Waals surface area contributed by atoms with Gasteiger partial charge in [0.15, 0.2) is 0 Å². The smallest absolute Gasteiger partial charge is 0.259 e. The Hall–Kier alpha value is -2.30. The number of pyridine rings is 1. The normalized spacial score (nSPS) is 10.9. The zero-order valence-electron chi connectivity index (χ0n) is 13.4. The van der Waals surface area contributed by atoms with Crippen LogP contribution in [0.2, 0.25) is 0 Å². The number of nitrogens with two attached hydrogens (primary N) is 1. The van der Waals surface area contributed by atoms with Gasteiger partial charge in [-0.3, -0.25) is 9.59 Å². The van der Waals surface area contributed by atoms with E-state index < -0.39 is 0 Å². The van der Waals surface area contributed by atoms with E-state index >= 15 is 0 Å². The molecule has 0 saturated carbocycles. The Bertz CT molecular complexity index is 749. The summed E-state index contributed by atoms with van der Waals surface area (Å²) in [6.07, 6.45) is 3.57. The highest BCUT2D eigenvalue weighted by Crippen LogP contribution is 2.19. The molecule has 0 saturated heterocycles. The molecule has 0 aliphatic rings. The number of nitrogen functional groups attached to an aromatic ring is 1. The SMILES string of the molecule is CCCCN(C)C(=O)c1cn(CC)c2cccc(N)c2c1=O. The summed E-state index contributed by atoms with van der Waals surface area (Å²) in [6, 6.07) is 5.36. The van der Waals surface area contributed by atoms with Crippen LogP contribution in [0.25, 0.3) is 10.9 Å². The van der Waals surface area contributed by atoms with Crippen LogP contribution in [0.5, 0.6) is 0 Å². The number of benzene rings is 1. The monoisotopic (exact) mass is 301 g/mol. The van der Waals surface area contributed by atoms with E-state index in [0.29, 0.717) is 24.2 Å². The lowest BCUT2D eigenvalue weighted by Gasteiger charge is -2.18. The highest BCUT2D eigenvalue weighted by atomic mass is 16.2. The molecule has 0 aliphatic heterocycles. The second kappa shape index (κ2) is 6.64. The van der Waals surface area contributed by atoms with Crippen LogP contribution in [-0.2, 0) is 6.54 Å². The Balaban J connectivity index is 2.60. The molecule has 5 nitrogen and oxygen atoms in total. The van der Waals surface area contributed by atoms with Crippen molar-refractivity contribution in [3.8, 4) is 0 Å². The molecule has 5 heteroatoms. The summed E-state index contributed by atoms with van der Waals surface area (Å²) < 4.78 is 1.90. The van der Waals surface area contributed by atoms with Crippen molar-refractivity contribution in [2.24, 2.45) is 0 Å². The maximum atomic E-state index is 12.7. The molecular formula is C17H23N3O2. The van der Waals surface area contributed by atoms with Gasteiger partial charge < -0.3 is 15.2 Å². The van der Waals surface area contributed by atoms with Crippen molar-refractivity contribution >= 4 is 22.5 Å². The van der Waals surface area contributed by atoms with E-state index in [1.807, 2.05) is 23.6 Å². The number of amides is 1. The van der Waals surface area contributed by atoms with E-state index in [-0.39, 0.29) is 16.9 Å². The molecule has 1 aromatic heterocycles. The van der Waals surface area contributed by atoms with Crippen LogP contribution in [0.4, 0.5) is 5.69 Å². The molecule has 2 rings (SSSR count). The Morgan fingerprint density at radius 1 is 1.32 bits per heavy atom. The Morgan fingerprint density at radius 3 is 2.68 bits per heavy atom. The third-order valence-corrected chi connectivity index (χ3v) is 3.91. The lowest BCUT2D eigenvalue weighted by atomic mass is 10.1. The summed E-state index contributed by atoms with van der Waals surface area (Å²) >= 11 is 0. The van der Waals surface area contributed by atoms with Gasteiger partial charge >= 0.3 is 0 Å². The first-order valence-electron chi connectivity index (χ1n) is 7.68. The van der Waals surface area contributed by atoms with Gasteiger partial charge in [-0.05, 0) is 25.5 Å². The molecule has 2 aromatic rings. The van der Waals surface area contributed by atoms with Crippen molar-refractivity contribution in [3.05, 3.63) is 40.2 Å². The third-order valence-electron chi connectivity index (χ3n) is 3.91. The van der Waals surface area contributed by atoms with Crippen molar-refractivity contribution in [2.45, 2.75) is 33.2 Å². The van der Waals surface area contributed by atoms with Gasteiger partial charge in [-0.2, -0.15) is 0 Å². The van der Waals surface area contributed by atoms with E-state index in [1.165, 1.54) is 0 Å². The number of unbranched alkanes of at least 4 members (excludes halogenated alkanes) is 1. The van der Waals surface area contributed by atoms with Crippen molar-refractivity contribution in [1.82, 2.24) is 9.47 Å². The summed E-state index contributed by atoms with van der Waals surface area (Å²) in [4.78, 5) is 26.9. The molecule has 2 N–H and O–H groups in total. The minimum Gasteiger partial charge on any atom is -0.398 e. The number of carbonyl (C=O) groups is 1. The van der Waals surface area contributed by atoms with Gasteiger partial charge in [-0.15, -0.1) is 0 Å². The number of nitrogens with zero attached hydrogens (tertiary/aromatic N) is 2. The molecule has 1 aromatic carbocycles. The summed E-state index contributed by atoms with van der Waals surface area (Å²) in [5.41, 5.74) is 7.04. The van der Waals surface area contributed by atoms with Gasteiger partial charge in [-0.25, -0.2) is 0 Å². The van der Waals surface area contributed by atoms with Crippen LogP contribution in [0, 0.1) is 0 Å². The molecule has 1 heterocycles. The molecule has 118 valence electrons. The number of carbonyl (C=O) groups excluding carboxylic acids is 1. The van der Waals surface area contributed by atoms with Gasteiger partial charge in [0.25, 0.3) is 5.91 Å². The van der Waals surface area contributed by atoms with Gasteiger partial charge in [0.2, 0.25) is 5.43 Å². The average Bonchev–Trinajstić information content (AvgIpc) is 2.52. The van der Waals surface area contributed by atoms with Crippen molar-refractivity contribution in [2.75, 3.05) is 19.3 Å². The summed E-state index contributed by atoms with van der Waals surface area (Å²) in [5, 5.41) is 0.430. The molecule has 0 bridgehead atoms. The van der Waals surface area contributed by atoms with Crippen LogP contribution >= 0.6 is 0 Å². The first kappa shape index (κ1) is 16.1. The first-order chi connectivity index (χ1) is 10.5. The summed E-state index contributed by atoms with van der Waals surface area (Å²) in [5.74, 6) is -0.245. The van der Waals surface area contributed by atoms with Gasteiger partial charge in [0, 0.05) is 32.0 Å². The number of fused-ring (bicyclic) bond motifs is 1. The first-order valence-corrected chi connectivity index (χ1v) is 7.68. The zero-order chi connectivity index (χ0) is 16.3. The Kier molecular flexibility index (Phi) is 4.85. The van der Waals surface area contributed by atoms with Gasteiger partial charge in [-0.1, -0.05) is 19.4 Å². The van der Waals surface area contributed by atoms with E-state index in [0.717, 1.165) is 18.4 Å². The van der Waals surface area contributed by atoms with Crippen molar-refractivity contribution in [1.29, 1.82) is 0 Å². The van der Waals surface area contributed by atoms with Gasteiger partial charge in [0.05, 0.1) is 10.9 Å². The largest absolute Gasteiger partial charge is 0.398 e. The van der Waals surface area contributed by atoms with Crippen molar-refractivity contribution < 1.29 is 4.79 Å². The third kappa shape index (κ3) is 2.84. The molecule has 0 fully saturated rings. The predicted octanol–water partition coefficient (Wildman–Crippen LogP) is 2.48. The molecule has 0 aliphatic carbocycles. The highest BCUT2D eigenvalue weighted by Gasteiger charge is 2.19. The number of hydrogen-bond donors (Lipinski definition) is 1. The number of hydrogen-bond acceptors (Lipinski definition) is 3. The minimum absolute atomic E-state index is 0.186. The number of aromatic nitrogens is 1. The van der Waals surface area contributed by atoms with Gasteiger partial charge in [0.1, 0.15) is 5.56 Å². The average molecular weight is 301 g/mol. The molecular weight excluding hydrogens is 278 g/mol. The van der Waals surface area contributed by atoms with E-state index in [4.69, 9.17) is 5.73 Å². The van der Waals surface area contributed by atoms with E-state index in [1.54, 1.807) is 24.2 Å². The predicted molar refractivity (Wildman–Crippen MR) is 90.2 cm³/mol. The van der Waals surface area contributed by atoms with Crippen LogP contribution in [0.15, 0.2) is 29.2 Å². The fourth-order valence-electron chi connectivity index (χ4n) is 2.58. The number of rotatable bonds is 5. The topological polar surface area (TPSA) is 68.3 Å². The van der Waals surface area contributed by atoms with Crippen molar-refractivity contribution in [3.63, 3.8) is 0 Å². The quantitative estimate of drug-likeness (QED) is 0.863. The second-order valence-electron chi connectivity index (χ2n) is 5.48. The van der Waals surface area contributed by atoms with Crippen LogP contribution in [-0.4, -0.2) is 29.0 Å². The minimum atomic E-state index is -0.286. The summed E-state index contributed by atoms with van der Waals surface area (Å²) in [6.45, 7) is 5.35. The number of aryl methyl sites for hydroxylation is 1. The lowest BCUT2D eigenvalue weighted by Crippen LogP contribution is -2.32. The molecule has 22 heavy (non-hydrogen) atoms. The molecule has 1 amide bonds. The molecule has 0 unspecified atom stereocenters. The Labute approximate surface area is 130 Å². The molecule has 0 spiro atoms. The Morgan fingerprint density at radius 2 is 2.05 bits per heavy atom. The highest BCUT2D eigenvalue weighted by molar-refractivity contribution is 6.00. The standard InChI is InChI=1S/C17H23N3O2/c1-4-6-10-19(3)17(22)12-11-20(5-2)14-9-7-8-13(18)15(14)16(12)21/h7-9,11H,4-6,10,18H2,1-3H3. The fraction of sp³-hybridized carbons (Fsp3) is 0.412. The fourth-order valence-corrected chi connectivity index (χ4v) is 2.58. The summed E-state index contributed by atoms with van der Waals surface area (Å²) in [7, 11) is 1.73. The van der Waals surface area contributed by atoms with Crippen LogP contribution in [0.1, 0.15) is 37.0 Å². The lowest BCUT2D eigenvalue weighted by molar-refractivity contribution is 0.0791. The second-order valence-corrected chi connectivity index (χ2v) is 5.48. The number of anilines is 1. The van der Waals surface area contributed by atoms with E-state index in [2.05, 4.69) is 6.92 Å². The molecule has 0 radical (unpaired) electrons. The zero-order valence-corrected chi connectivity index (χ0v) is 13.4. The van der Waals surface area contributed by atoms with Crippen LogP contribution < -0.4 is 11.2 Å². The molecule has 0 atom stereocenters.